The van der Waals surface area contributed by atoms with Crippen LogP contribution in [-0.4, -0.2) is 15.0 Å². The van der Waals surface area contributed by atoms with Crippen molar-refractivity contribution in [2.24, 2.45) is 0 Å². The van der Waals surface area contributed by atoms with Crippen molar-refractivity contribution in [1.82, 2.24) is 15.0 Å². The summed E-state index contributed by atoms with van der Waals surface area (Å²) >= 11 is 1.87. The summed E-state index contributed by atoms with van der Waals surface area (Å²) in [6.07, 6.45) is 0. The highest BCUT2D eigenvalue weighted by molar-refractivity contribution is 7.26. The van der Waals surface area contributed by atoms with Crippen LogP contribution in [0.2, 0.25) is 0 Å². The van der Waals surface area contributed by atoms with Gasteiger partial charge >= 0.3 is 0 Å². The Morgan fingerprint density at radius 3 is 1.50 bits per heavy atom. The highest BCUT2D eigenvalue weighted by Gasteiger charge is 2.18. The van der Waals surface area contributed by atoms with Crippen molar-refractivity contribution in [3.63, 3.8) is 0 Å². The molecule has 0 aliphatic carbocycles. The molecular weight excluding hydrogens is 699 g/mol. The third-order valence-corrected chi connectivity index (χ3v) is 11.7. The molecule has 0 atom stereocenters. The highest BCUT2D eigenvalue weighted by Crippen LogP contribution is 2.46. The van der Waals surface area contributed by atoms with E-state index in [2.05, 4.69) is 183 Å². The maximum atomic E-state index is 5.11. The molecule has 0 aliphatic rings. The van der Waals surface area contributed by atoms with Gasteiger partial charge in [-0.1, -0.05) is 181 Å². The van der Waals surface area contributed by atoms with Gasteiger partial charge in [-0.15, -0.1) is 11.3 Å². The molecule has 0 radical (unpaired) electrons. The number of benzene rings is 8. The first kappa shape index (κ1) is 33.6. The summed E-state index contributed by atoms with van der Waals surface area (Å²) in [5, 5.41) is 2.53. The van der Waals surface area contributed by atoms with E-state index in [0.717, 1.165) is 27.8 Å². The normalized spacial score (nSPS) is 11.3. The number of rotatable bonds is 7. The molecule has 0 spiro atoms. The van der Waals surface area contributed by atoms with E-state index in [1.54, 1.807) is 0 Å². The number of thiophene rings is 1. The maximum Gasteiger partial charge on any atom is 0.164 e. The van der Waals surface area contributed by atoms with E-state index in [1.807, 2.05) is 29.5 Å². The van der Waals surface area contributed by atoms with Gasteiger partial charge in [-0.2, -0.15) is 0 Å². The van der Waals surface area contributed by atoms with Gasteiger partial charge in [0.15, 0.2) is 17.5 Å². The first-order valence-corrected chi connectivity index (χ1v) is 19.7. The Balaban J connectivity index is 1.10. The summed E-state index contributed by atoms with van der Waals surface area (Å²) < 4.78 is 2.55. The van der Waals surface area contributed by atoms with Gasteiger partial charge in [0.05, 0.1) is 0 Å². The second-order valence-electron chi connectivity index (χ2n) is 14.1. The molecule has 0 aliphatic heterocycles. The van der Waals surface area contributed by atoms with Crippen LogP contribution in [0.1, 0.15) is 5.56 Å². The summed E-state index contributed by atoms with van der Waals surface area (Å²) in [5.41, 5.74) is 13.6. The van der Waals surface area contributed by atoms with Gasteiger partial charge in [-0.3, -0.25) is 0 Å². The molecule has 0 saturated heterocycles. The van der Waals surface area contributed by atoms with Crippen LogP contribution in [0.5, 0.6) is 0 Å². The zero-order valence-corrected chi connectivity index (χ0v) is 31.5. The van der Waals surface area contributed by atoms with Crippen LogP contribution in [0.15, 0.2) is 194 Å². The molecule has 0 amide bonds. The van der Waals surface area contributed by atoms with Gasteiger partial charge in [-0.25, -0.2) is 15.0 Å². The van der Waals surface area contributed by atoms with Gasteiger partial charge in [0.2, 0.25) is 0 Å². The zero-order valence-electron chi connectivity index (χ0n) is 30.7. The molecule has 2 aromatic heterocycles. The predicted octanol–water partition coefficient (Wildman–Crippen LogP) is 14.2. The lowest BCUT2D eigenvalue weighted by molar-refractivity contribution is 1.07. The lowest BCUT2D eigenvalue weighted by Crippen LogP contribution is -2.00. The molecule has 10 rings (SSSR count). The lowest BCUT2D eigenvalue weighted by atomic mass is 9.95. The van der Waals surface area contributed by atoms with Crippen molar-refractivity contribution in [3.05, 3.63) is 200 Å². The minimum absolute atomic E-state index is 0.640. The number of nitrogens with zero attached hydrogens (tertiary/aromatic N) is 3. The average molecular weight is 734 g/mol. The van der Waals surface area contributed by atoms with Crippen LogP contribution in [0.4, 0.5) is 0 Å². The molecule has 0 N–H and O–H groups in total. The average Bonchev–Trinajstić information content (AvgIpc) is 3.66. The van der Waals surface area contributed by atoms with Crippen molar-refractivity contribution >= 4 is 31.5 Å². The van der Waals surface area contributed by atoms with Crippen LogP contribution in [0.3, 0.4) is 0 Å². The molecule has 8 aromatic carbocycles. The number of hydrogen-bond acceptors (Lipinski definition) is 4. The molecule has 3 nitrogen and oxygen atoms in total. The number of aromatic nitrogens is 3. The molecule has 0 saturated carbocycles. The highest BCUT2D eigenvalue weighted by atomic mass is 32.1. The minimum atomic E-state index is 0.640. The fourth-order valence-electron chi connectivity index (χ4n) is 7.57. The second-order valence-corrected chi connectivity index (χ2v) is 15.1. The Bertz CT molecular complexity index is 3010. The van der Waals surface area contributed by atoms with E-state index in [-0.39, 0.29) is 0 Å². The van der Waals surface area contributed by atoms with Crippen LogP contribution in [-0.2, 0) is 0 Å². The first-order chi connectivity index (χ1) is 27.6. The summed E-state index contributed by atoms with van der Waals surface area (Å²) in [7, 11) is 0. The Morgan fingerprint density at radius 1 is 0.304 bits per heavy atom. The van der Waals surface area contributed by atoms with Gasteiger partial charge in [0, 0.05) is 42.4 Å². The van der Waals surface area contributed by atoms with Crippen molar-refractivity contribution in [1.29, 1.82) is 0 Å². The van der Waals surface area contributed by atoms with Gasteiger partial charge < -0.3 is 0 Å². The second kappa shape index (κ2) is 14.3. The quantitative estimate of drug-likeness (QED) is 0.164. The molecule has 264 valence electrons. The third kappa shape index (κ3) is 6.36. The standard InChI is InChI=1S/C52H35N3S/c1-34-14-11-21-40(30-34)36-26-28-39(29-27-36)51-53-50(38-19-9-4-10-20-38)54-52(55-51)42-23-12-22-41(31-42)44-24-13-25-45-47-33-43(35-15-5-2-6-16-35)32-46(49(47)56-48(44)45)37-17-7-3-8-18-37/h2-33H,1H3. The largest absolute Gasteiger partial charge is 0.208 e. The zero-order chi connectivity index (χ0) is 37.4. The van der Waals surface area contributed by atoms with Gasteiger partial charge in [0.25, 0.3) is 0 Å². The Hall–Kier alpha value is -7.01. The summed E-state index contributed by atoms with van der Waals surface area (Å²) in [4.78, 5) is 15.2. The van der Waals surface area contributed by atoms with Crippen LogP contribution in [0.25, 0.3) is 98.8 Å². The number of hydrogen-bond donors (Lipinski definition) is 0. The maximum absolute atomic E-state index is 5.11. The van der Waals surface area contributed by atoms with Crippen LogP contribution < -0.4 is 0 Å². The van der Waals surface area contributed by atoms with E-state index < -0.39 is 0 Å². The smallest absolute Gasteiger partial charge is 0.164 e. The van der Waals surface area contributed by atoms with Gasteiger partial charge in [-0.05, 0) is 64.1 Å². The van der Waals surface area contributed by atoms with E-state index in [0.29, 0.717) is 17.5 Å². The number of fused-ring (bicyclic) bond motifs is 3. The molecule has 0 unspecified atom stereocenters. The Kier molecular flexibility index (Phi) is 8.59. The summed E-state index contributed by atoms with van der Waals surface area (Å²) in [6, 6.07) is 68.7. The molecular formula is C52H35N3S. The van der Waals surface area contributed by atoms with E-state index in [1.165, 1.54) is 59.1 Å². The Labute approximate surface area is 330 Å². The molecule has 56 heavy (non-hydrogen) atoms. The fourth-order valence-corrected chi connectivity index (χ4v) is 8.92. The summed E-state index contributed by atoms with van der Waals surface area (Å²) in [5.74, 6) is 1.93. The topological polar surface area (TPSA) is 38.7 Å². The van der Waals surface area contributed by atoms with Crippen LogP contribution in [0, 0.1) is 6.92 Å². The molecule has 4 heteroatoms. The van der Waals surface area contributed by atoms with Crippen molar-refractivity contribution in [2.45, 2.75) is 6.92 Å². The molecule has 0 bridgehead atoms. The van der Waals surface area contributed by atoms with Crippen LogP contribution >= 0.6 is 11.3 Å². The van der Waals surface area contributed by atoms with Gasteiger partial charge in [0.1, 0.15) is 0 Å². The van der Waals surface area contributed by atoms with Crippen molar-refractivity contribution in [3.8, 4) is 78.7 Å². The van der Waals surface area contributed by atoms with E-state index >= 15 is 0 Å². The van der Waals surface area contributed by atoms with E-state index in [9.17, 15) is 0 Å². The monoisotopic (exact) mass is 733 g/mol. The molecule has 2 heterocycles. The molecule has 0 fully saturated rings. The SMILES string of the molecule is Cc1cccc(-c2ccc(-c3nc(-c4ccccc4)nc(-c4cccc(-c5cccc6c5sc5c(-c7ccccc7)cc(-c7ccccc7)cc56)c4)n3)cc2)c1. The number of aryl methyl sites for hydroxylation is 1. The summed E-state index contributed by atoms with van der Waals surface area (Å²) in [6.45, 7) is 2.12. The Morgan fingerprint density at radius 2 is 0.804 bits per heavy atom. The van der Waals surface area contributed by atoms with Crippen molar-refractivity contribution < 1.29 is 0 Å². The lowest BCUT2D eigenvalue weighted by Gasteiger charge is -2.10. The molecule has 10 aromatic rings. The first-order valence-electron chi connectivity index (χ1n) is 18.8. The van der Waals surface area contributed by atoms with Crippen molar-refractivity contribution in [2.75, 3.05) is 0 Å². The predicted molar refractivity (Wildman–Crippen MR) is 236 cm³/mol. The minimum Gasteiger partial charge on any atom is -0.208 e. The fraction of sp³-hybridized carbons (Fsp3) is 0.0192. The van der Waals surface area contributed by atoms with E-state index in [4.69, 9.17) is 15.0 Å². The third-order valence-electron chi connectivity index (χ3n) is 10.4.